The monoisotopic (exact) mass is 486 g/mol. The molecule has 0 radical (unpaired) electrons. The second-order valence-electron chi connectivity index (χ2n) is 13.3. The Morgan fingerprint density at radius 3 is 2.49 bits per heavy atom. The van der Waals surface area contributed by atoms with Crippen molar-refractivity contribution in [3.05, 3.63) is 23.8 Å². The summed E-state index contributed by atoms with van der Waals surface area (Å²) in [5.74, 6) is 2.03. The van der Waals surface area contributed by atoms with Crippen LogP contribution in [-0.4, -0.2) is 36.5 Å². The van der Waals surface area contributed by atoms with Crippen LogP contribution in [0.5, 0.6) is 0 Å². The molecule has 4 aliphatic carbocycles. The van der Waals surface area contributed by atoms with Gasteiger partial charge in [0.15, 0.2) is 0 Å². The number of fused-ring (bicyclic) bond motifs is 2. The van der Waals surface area contributed by atoms with Crippen LogP contribution in [-0.2, 0) is 9.53 Å². The molecule has 2 N–H and O–H groups in total. The summed E-state index contributed by atoms with van der Waals surface area (Å²) in [6.45, 7) is 14.1. The topological polar surface area (TPSA) is 66.8 Å². The maximum absolute atomic E-state index is 12.2. The minimum atomic E-state index is -0.0759. The van der Waals surface area contributed by atoms with Crippen molar-refractivity contribution in [1.29, 1.82) is 0 Å². The van der Waals surface area contributed by atoms with Crippen LogP contribution in [0.15, 0.2) is 23.8 Å². The average Bonchev–Trinajstić information content (AvgIpc) is 3.44. The molecule has 0 aliphatic heterocycles. The van der Waals surface area contributed by atoms with E-state index >= 15 is 0 Å². The van der Waals surface area contributed by atoms with E-state index in [0.717, 1.165) is 24.8 Å². The molecule has 0 aromatic carbocycles. The number of ether oxygens (including phenoxy) is 1. The minimum absolute atomic E-state index is 0.0759. The highest BCUT2D eigenvalue weighted by molar-refractivity contribution is 5.69. The van der Waals surface area contributed by atoms with Gasteiger partial charge in [0.25, 0.3) is 0 Å². The number of aliphatic hydroxyl groups excluding tert-OH is 2. The zero-order valence-electron chi connectivity index (χ0n) is 23.0. The standard InChI is InChI=1S/C31H50O4/c1-21(2)24-10-11-26-29(5)14-12-25(23(19-33)9-7-8-22(3)18-32)28(29,4)16-17-31(26)20-30(24,31)15-13-27(34)35-6/h8,23-26,32-33H,1,7,9-20H2,2-6H3/b22-8-/t23-,24-,25+,26-,28+,29-,30+,31-/m0/s1. The van der Waals surface area contributed by atoms with E-state index in [9.17, 15) is 15.0 Å². The van der Waals surface area contributed by atoms with Crippen molar-refractivity contribution < 1.29 is 19.7 Å². The molecule has 4 nitrogen and oxygen atoms in total. The number of carbonyl (C=O) groups is 1. The summed E-state index contributed by atoms with van der Waals surface area (Å²) < 4.78 is 5.04. The van der Waals surface area contributed by atoms with E-state index in [4.69, 9.17) is 4.74 Å². The molecule has 8 atom stereocenters. The van der Waals surface area contributed by atoms with E-state index in [1.54, 1.807) is 0 Å². The van der Waals surface area contributed by atoms with Gasteiger partial charge in [-0.05, 0) is 123 Å². The minimum Gasteiger partial charge on any atom is -0.469 e. The Kier molecular flexibility index (Phi) is 7.41. The predicted molar refractivity (Wildman–Crippen MR) is 141 cm³/mol. The quantitative estimate of drug-likeness (QED) is 0.275. The lowest BCUT2D eigenvalue weighted by Crippen LogP contribution is -2.54. The Bertz CT molecular complexity index is 862. The molecule has 4 rings (SSSR count). The first-order valence-electron chi connectivity index (χ1n) is 14.1. The van der Waals surface area contributed by atoms with Gasteiger partial charge in [0.1, 0.15) is 0 Å². The second-order valence-corrected chi connectivity index (χ2v) is 13.3. The van der Waals surface area contributed by atoms with Crippen molar-refractivity contribution in [3.63, 3.8) is 0 Å². The summed E-state index contributed by atoms with van der Waals surface area (Å²) in [5.41, 5.74) is 3.43. The third-order valence-electron chi connectivity index (χ3n) is 12.2. The van der Waals surface area contributed by atoms with Gasteiger partial charge in [-0.15, -0.1) is 0 Å². The molecule has 4 aliphatic rings. The van der Waals surface area contributed by atoms with Crippen LogP contribution in [0.4, 0.5) is 0 Å². The molecule has 4 heteroatoms. The van der Waals surface area contributed by atoms with Gasteiger partial charge in [-0.1, -0.05) is 37.6 Å². The van der Waals surface area contributed by atoms with Crippen molar-refractivity contribution in [2.24, 2.45) is 45.3 Å². The lowest BCUT2D eigenvalue weighted by atomic mass is 9.43. The zero-order chi connectivity index (χ0) is 25.6. The van der Waals surface area contributed by atoms with Crippen LogP contribution in [0.25, 0.3) is 0 Å². The molecule has 0 bridgehead atoms. The zero-order valence-corrected chi connectivity index (χ0v) is 23.0. The molecule has 0 amide bonds. The third-order valence-corrected chi connectivity index (χ3v) is 12.2. The highest BCUT2D eigenvalue weighted by Crippen LogP contribution is 2.87. The van der Waals surface area contributed by atoms with Crippen LogP contribution in [0, 0.1) is 45.3 Å². The van der Waals surface area contributed by atoms with E-state index < -0.39 is 0 Å². The molecule has 1 spiro atoms. The van der Waals surface area contributed by atoms with Gasteiger partial charge in [0.2, 0.25) is 0 Å². The lowest BCUT2D eigenvalue weighted by Gasteiger charge is -2.61. The van der Waals surface area contributed by atoms with Crippen molar-refractivity contribution in [3.8, 4) is 0 Å². The number of hydrogen-bond acceptors (Lipinski definition) is 4. The number of rotatable bonds is 10. The number of carbonyl (C=O) groups excluding carboxylic acids is 1. The van der Waals surface area contributed by atoms with Gasteiger partial charge in [-0.2, -0.15) is 0 Å². The molecule has 0 aromatic heterocycles. The highest BCUT2D eigenvalue weighted by atomic mass is 16.5. The Hall–Kier alpha value is -1.13. The van der Waals surface area contributed by atoms with E-state index in [1.165, 1.54) is 57.6 Å². The number of esters is 1. The molecule has 4 fully saturated rings. The van der Waals surface area contributed by atoms with E-state index in [1.807, 2.05) is 6.92 Å². The summed E-state index contributed by atoms with van der Waals surface area (Å²) in [4.78, 5) is 12.2. The number of methoxy groups -OCH3 is 1. The van der Waals surface area contributed by atoms with Gasteiger partial charge >= 0.3 is 5.97 Å². The van der Waals surface area contributed by atoms with Gasteiger partial charge in [-0.25, -0.2) is 0 Å². The van der Waals surface area contributed by atoms with Crippen LogP contribution in [0.2, 0.25) is 0 Å². The van der Waals surface area contributed by atoms with Crippen LogP contribution >= 0.6 is 0 Å². The lowest BCUT2D eigenvalue weighted by molar-refractivity contribution is -0.143. The predicted octanol–water partition coefficient (Wildman–Crippen LogP) is 6.46. The molecular formula is C31H50O4. The molecule has 35 heavy (non-hydrogen) atoms. The smallest absolute Gasteiger partial charge is 0.305 e. The van der Waals surface area contributed by atoms with E-state index in [0.29, 0.717) is 35.5 Å². The summed E-state index contributed by atoms with van der Waals surface area (Å²) in [6, 6.07) is 0. The van der Waals surface area contributed by atoms with E-state index in [2.05, 4.69) is 33.4 Å². The fourth-order valence-corrected chi connectivity index (χ4v) is 10.2. The van der Waals surface area contributed by atoms with E-state index in [-0.39, 0.29) is 35.4 Å². The first-order valence-corrected chi connectivity index (χ1v) is 14.1. The maximum Gasteiger partial charge on any atom is 0.305 e. The van der Waals surface area contributed by atoms with Crippen molar-refractivity contribution in [1.82, 2.24) is 0 Å². The molecular weight excluding hydrogens is 436 g/mol. The SMILES string of the molecule is C=C(C)[C@@H]1CC[C@@H]2[C@]3(CC[C@]4(C)[C@@H]([C@H](CO)CC/C=C(/C)CO)CC[C@@]24C)C[C@]13CCC(=O)OC. The molecule has 198 valence electrons. The third kappa shape index (κ3) is 3.97. The first-order chi connectivity index (χ1) is 16.5. The number of hydrogen-bond donors (Lipinski definition) is 2. The van der Waals surface area contributed by atoms with Crippen LogP contribution < -0.4 is 0 Å². The summed E-state index contributed by atoms with van der Waals surface area (Å²) in [5, 5.41) is 19.8. The summed E-state index contributed by atoms with van der Waals surface area (Å²) >= 11 is 0. The van der Waals surface area contributed by atoms with Gasteiger partial charge in [-0.3, -0.25) is 4.79 Å². The van der Waals surface area contributed by atoms with Crippen molar-refractivity contribution in [2.45, 2.75) is 98.3 Å². The first kappa shape index (κ1) is 26.9. The average molecular weight is 487 g/mol. The maximum atomic E-state index is 12.2. The number of aliphatic hydroxyl groups is 2. The Balaban J connectivity index is 1.59. The number of allylic oxidation sites excluding steroid dienone is 2. The molecule has 4 saturated carbocycles. The molecule has 0 aromatic rings. The van der Waals surface area contributed by atoms with Gasteiger partial charge in [0, 0.05) is 13.0 Å². The molecule has 0 saturated heterocycles. The van der Waals surface area contributed by atoms with Gasteiger partial charge < -0.3 is 14.9 Å². The van der Waals surface area contributed by atoms with Crippen molar-refractivity contribution >= 4 is 5.97 Å². The normalized spacial score (nSPS) is 43.1. The largest absolute Gasteiger partial charge is 0.469 e. The Labute approximate surface area is 213 Å². The molecule has 0 unspecified atom stereocenters. The van der Waals surface area contributed by atoms with Gasteiger partial charge in [0.05, 0.1) is 13.7 Å². The van der Waals surface area contributed by atoms with Crippen LogP contribution in [0.1, 0.15) is 98.3 Å². The fourth-order valence-electron chi connectivity index (χ4n) is 10.2. The highest BCUT2D eigenvalue weighted by Gasteiger charge is 2.80. The summed E-state index contributed by atoms with van der Waals surface area (Å²) in [7, 11) is 1.51. The molecule has 0 heterocycles. The fraction of sp³-hybridized carbons (Fsp3) is 0.839. The summed E-state index contributed by atoms with van der Waals surface area (Å²) in [6.07, 6.45) is 14.2. The van der Waals surface area contributed by atoms with Crippen LogP contribution in [0.3, 0.4) is 0 Å². The Morgan fingerprint density at radius 1 is 1.11 bits per heavy atom. The van der Waals surface area contributed by atoms with Crippen molar-refractivity contribution in [2.75, 3.05) is 20.3 Å². The Morgan fingerprint density at radius 2 is 1.86 bits per heavy atom. The second kappa shape index (κ2) is 9.63.